The van der Waals surface area contributed by atoms with Gasteiger partial charge in [-0.25, -0.2) is 0 Å². The van der Waals surface area contributed by atoms with Crippen molar-refractivity contribution in [2.75, 3.05) is 6.54 Å². The van der Waals surface area contributed by atoms with Crippen molar-refractivity contribution in [2.24, 2.45) is 0 Å². The number of nitrogens with zero attached hydrogens (tertiary/aromatic N) is 1. The van der Waals surface area contributed by atoms with Gasteiger partial charge >= 0.3 is 0 Å². The lowest BCUT2D eigenvalue weighted by atomic mass is 9.98. The topological polar surface area (TPSA) is 55.2 Å². The maximum atomic E-state index is 11.2. The lowest BCUT2D eigenvalue weighted by Gasteiger charge is -2.20. The molecular formula is C21H19ClN2O2. The highest BCUT2D eigenvalue weighted by atomic mass is 35.5. The Morgan fingerprint density at radius 1 is 0.923 bits per heavy atom. The maximum absolute atomic E-state index is 11.2. The second-order valence-electron chi connectivity index (χ2n) is 6.00. The summed E-state index contributed by atoms with van der Waals surface area (Å²) in [5.41, 5.74) is 3.04. The van der Waals surface area contributed by atoms with Gasteiger partial charge in [0.15, 0.2) is 0 Å². The molecule has 3 rings (SSSR count). The Balaban J connectivity index is 1.84. The summed E-state index contributed by atoms with van der Waals surface area (Å²) in [6.45, 7) is 0.750. The van der Waals surface area contributed by atoms with Gasteiger partial charge in [0.25, 0.3) is 5.69 Å². The molecule has 0 heterocycles. The Labute approximate surface area is 157 Å². The number of hydrogen-bond acceptors (Lipinski definition) is 3. The van der Waals surface area contributed by atoms with Crippen molar-refractivity contribution in [3.8, 4) is 0 Å². The molecule has 0 aromatic heterocycles. The van der Waals surface area contributed by atoms with Crippen molar-refractivity contribution >= 4 is 17.3 Å². The first-order valence-electron chi connectivity index (χ1n) is 8.41. The first-order valence-corrected chi connectivity index (χ1v) is 8.79. The Hall–Kier alpha value is -2.69. The summed E-state index contributed by atoms with van der Waals surface area (Å²) in [4.78, 5) is 10.8. The Bertz CT molecular complexity index is 870. The van der Waals surface area contributed by atoms with Crippen molar-refractivity contribution < 1.29 is 4.92 Å². The van der Waals surface area contributed by atoms with Crippen LogP contribution in [0.1, 0.15) is 22.7 Å². The lowest BCUT2D eigenvalue weighted by Crippen LogP contribution is -2.24. The molecule has 0 radical (unpaired) electrons. The molecule has 4 nitrogen and oxygen atoms in total. The molecule has 0 aliphatic heterocycles. The van der Waals surface area contributed by atoms with E-state index in [1.54, 1.807) is 12.1 Å². The van der Waals surface area contributed by atoms with Crippen LogP contribution in [0.15, 0.2) is 78.9 Å². The van der Waals surface area contributed by atoms with Gasteiger partial charge < -0.3 is 5.32 Å². The van der Waals surface area contributed by atoms with Crippen molar-refractivity contribution in [1.29, 1.82) is 0 Å². The largest absolute Gasteiger partial charge is 0.306 e. The molecule has 26 heavy (non-hydrogen) atoms. The van der Waals surface area contributed by atoms with Gasteiger partial charge in [-0.15, -0.1) is 0 Å². The fourth-order valence-corrected chi connectivity index (χ4v) is 3.11. The van der Waals surface area contributed by atoms with E-state index in [9.17, 15) is 10.1 Å². The molecule has 132 valence electrons. The predicted molar refractivity (Wildman–Crippen MR) is 105 cm³/mol. The van der Waals surface area contributed by atoms with Gasteiger partial charge in [-0.2, -0.15) is 0 Å². The van der Waals surface area contributed by atoms with Crippen LogP contribution in [-0.4, -0.2) is 11.5 Å². The van der Waals surface area contributed by atoms with Gasteiger partial charge in [-0.3, -0.25) is 10.1 Å². The minimum atomic E-state index is -0.447. The van der Waals surface area contributed by atoms with E-state index < -0.39 is 4.92 Å². The molecule has 0 aliphatic rings. The number of halogens is 1. The van der Waals surface area contributed by atoms with Crippen molar-refractivity contribution in [2.45, 2.75) is 12.5 Å². The standard InChI is InChI=1S/C21H19ClN2O2/c22-19-12-11-18(15-20(19)24(25)26)21(17-9-5-2-6-10-17)23-14-13-16-7-3-1-4-8-16/h1-12,15,21,23H,13-14H2. The summed E-state index contributed by atoms with van der Waals surface area (Å²) < 4.78 is 0. The van der Waals surface area contributed by atoms with E-state index in [1.807, 2.05) is 54.6 Å². The molecule has 0 fully saturated rings. The monoisotopic (exact) mass is 366 g/mol. The van der Waals surface area contributed by atoms with Crippen LogP contribution in [0, 0.1) is 10.1 Å². The normalized spacial score (nSPS) is 11.9. The second-order valence-corrected chi connectivity index (χ2v) is 6.41. The van der Waals surface area contributed by atoms with Gasteiger partial charge in [0.1, 0.15) is 5.02 Å². The number of benzene rings is 3. The average Bonchev–Trinajstić information content (AvgIpc) is 2.67. The molecule has 5 heteroatoms. The fraction of sp³-hybridized carbons (Fsp3) is 0.143. The molecule has 3 aromatic rings. The van der Waals surface area contributed by atoms with E-state index in [0.717, 1.165) is 24.1 Å². The number of rotatable bonds is 7. The number of nitrogens with one attached hydrogen (secondary N) is 1. The average molecular weight is 367 g/mol. The Morgan fingerprint density at radius 2 is 1.58 bits per heavy atom. The zero-order chi connectivity index (χ0) is 18.4. The quantitative estimate of drug-likeness (QED) is 0.463. The summed E-state index contributed by atoms with van der Waals surface area (Å²) in [7, 11) is 0. The lowest BCUT2D eigenvalue weighted by molar-refractivity contribution is -0.384. The molecule has 3 aromatic carbocycles. The van der Waals surface area contributed by atoms with Crippen LogP contribution in [-0.2, 0) is 6.42 Å². The third-order valence-electron chi connectivity index (χ3n) is 4.24. The van der Waals surface area contributed by atoms with Gasteiger partial charge in [-0.05, 0) is 29.2 Å². The molecule has 1 atom stereocenters. The third kappa shape index (κ3) is 4.48. The van der Waals surface area contributed by atoms with Gasteiger partial charge in [0.2, 0.25) is 0 Å². The molecule has 0 aliphatic carbocycles. The van der Waals surface area contributed by atoms with Gasteiger partial charge in [-0.1, -0.05) is 78.3 Å². The highest BCUT2D eigenvalue weighted by Crippen LogP contribution is 2.30. The smallest absolute Gasteiger partial charge is 0.288 e. The van der Waals surface area contributed by atoms with E-state index in [2.05, 4.69) is 17.4 Å². The minimum absolute atomic E-state index is 0.0741. The maximum Gasteiger partial charge on any atom is 0.288 e. The molecule has 1 unspecified atom stereocenters. The van der Waals surface area contributed by atoms with Crippen LogP contribution in [0.2, 0.25) is 5.02 Å². The van der Waals surface area contributed by atoms with E-state index in [4.69, 9.17) is 11.6 Å². The third-order valence-corrected chi connectivity index (χ3v) is 4.56. The molecule has 0 saturated carbocycles. The molecule has 0 saturated heterocycles. The Morgan fingerprint density at radius 3 is 2.23 bits per heavy atom. The van der Waals surface area contributed by atoms with Crippen molar-refractivity contribution in [3.05, 3.63) is 111 Å². The summed E-state index contributed by atoms with van der Waals surface area (Å²) in [6, 6.07) is 25.0. The van der Waals surface area contributed by atoms with Crippen LogP contribution in [0.4, 0.5) is 5.69 Å². The van der Waals surface area contributed by atoms with E-state index in [1.165, 1.54) is 5.56 Å². The predicted octanol–water partition coefficient (Wildman–Crippen LogP) is 5.17. The number of nitro benzene ring substituents is 1. The highest BCUT2D eigenvalue weighted by Gasteiger charge is 2.19. The van der Waals surface area contributed by atoms with Crippen LogP contribution in [0.5, 0.6) is 0 Å². The minimum Gasteiger partial charge on any atom is -0.306 e. The number of nitro groups is 1. The van der Waals surface area contributed by atoms with E-state index >= 15 is 0 Å². The molecular weight excluding hydrogens is 348 g/mol. The molecule has 0 spiro atoms. The summed E-state index contributed by atoms with van der Waals surface area (Å²) in [5.74, 6) is 0. The fourth-order valence-electron chi connectivity index (χ4n) is 2.93. The zero-order valence-corrected chi connectivity index (χ0v) is 14.9. The summed E-state index contributed by atoms with van der Waals surface area (Å²) >= 11 is 5.96. The number of hydrogen-bond donors (Lipinski definition) is 1. The van der Waals surface area contributed by atoms with Crippen LogP contribution in [0.25, 0.3) is 0 Å². The van der Waals surface area contributed by atoms with Crippen LogP contribution >= 0.6 is 11.6 Å². The van der Waals surface area contributed by atoms with E-state index in [-0.39, 0.29) is 16.8 Å². The van der Waals surface area contributed by atoms with Crippen molar-refractivity contribution in [1.82, 2.24) is 5.32 Å². The molecule has 0 bridgehead atoms. The highest BCUT2D eigenvalue weighted by molar-refractivity contribution is 6.32. The van der Waals surface area contributed by atoms with Crippen LogP contribution < -0.4 is 5.32 Å². The zero-order valence-electron chi connectivity index (χ0n) is 14.1. The van der Waals surface area contributed by atoms with Crippen molar-refractivity contribution in [3.63, 3.8) is 0 Å². The summed E-state index contributed by atoms with van der Waals surface area (Å²) in [5, 5.41) is 14.9. The summed E-state index contributed by atoms with van der Waals surface area (Å²) in [6.07, 6.45) is 0.875. The van der Waals surface area contributed by atoms with Crippen LogP contribution in [0.3, 0.4) is 0 Å². The first kappa shape index (κ1) is 18.1. The van der Waals surface area contributed by atoms with E-state index in [0.29, 0.717) is 0 Å². The second kappa shape index (κ2) is 8.61. The molecule has 1 N–H and O–H groups in total. The van der Waals surface area contributed by atoms with Gasteiger partial charge in [0, 0.05) is 12.6 Å². The van der Waals surface area contributed by atoms with Gasteiger partial charge in [0.05, 0.1) is 11.0 Å². The Kier molecular flexibility index (Phi) is 6.00. The SMILES string of the molecule is O=[N+]([O-])c1cc(C(NCCc2ccccc2)c2ccccc2)ccc1Cl. The first-order chi connectivity index (χ1) is 12.6. The molecule has 0 amide bonds.